The van der Waals surface area contributed by atoms with E-state index < -0.39 is 7.37 Å². The van der Waals surface area contributed by atoms with Crippen molar-refractivity contribution in [1.82, 2.24) is 4.90 Å². The molecule has 1 saturated heterocycles. The Hall–Kier alpha value is 0.0300. The maximum absolute atomic E-state index is 12.7. The van der Waals surface area contributed by atoms with Gasteiger partial charge < -0.3 is 23.4 Å². The van der Waals surface area contributed by atoms with Crippen molar-refractivity contribution in [2.24, 2.45) is 0 Å². The lowest BCUT2D eigenvalue weighted by atomic mass is 10.0. The molecule has 1 aliphatic rings. The van der Waals surface area contributed by atoms with Crippen LogP contribution in [0.15, 0.2) is 0 Å². The molecule has 0 spiro atoms. The van der Waals surface area contributed by atoms with Crippen LogP contribution in [-0.4, -0.2) is 95.0 Å². The zero-order valence-corrected chi connectivity index (χ0v) is 27.5. The predicted octanol–water partition coefficient (Wildman–Crippen LogP) is 7.09. The first-order valence-corrected chi connectivity index (χ1v) is 18.7. The number of rotatable bonds is 27. The number of quaternary nitrogens is 1. The molecule has 0 bridgehead atoms. The molecule has 0 aromatic rings. The second-order valence-electron chi connectivity index (χ2n) is 13.1. The van der Waals surface area contributed by atoms with Gasteiger partial charge in [0.1, 0.15) is 0 Å². The summed E-state index contributed by atoms with van der Waals surface area (Å²) in [6.45, 7) is 7.81. The quantitative estimate of drug-likeness (QED) is 0.0595. The monoisotopic (exact) mass is 574 g/mol. The number of nitrogens with zero attached hydrogens (tertiary/aromatic N) is 2. The van der Waals surface area contributed by atoms with Gasteiger partial charge in [0.05, 0.1) is 47.5 Å². The SMILES string of the molecule is CCCCCCCCCCCCCCCCCCOCC(CCP(=O)([O-])CCC[N+](C)(C)C)N1CCOCC1. The molecule has 0 aliphatic carbocycles. The molecular formula is C32H67N2O4P. The molecule has 1 fully saturated rings. The van der Waals surface area contributed by atoms with Gasteiger partial charge in [0.2, 0.25) is 0 Å². The molecule has 39 heavy (non-hydrogen) atoms. The van der Waals surface area contributed by atoms with Crippen molar-refractivity contribution in [3.63, 3.8) is 0 Å². The van der Waals surface area contributed by atoms with Gasteiger partial charge in [0.25, 0.3) is 0 Å². The van der Waals surface area contributed by atoms with E-state index in [1.54, 1.807) is 0 Å². The second kappa shape index (κ2) is 23.6. The minimum absolute atomic E-state index is 0.177. The highest BCUT2D eigenvalue weighted by molar-refractivity contribution is 7.56. The summed E-state index contributed by atoms with van der Waals surface area (Å²) in [7, 11) is 3.00. The fourth-order valence-corrected chi connectivity index (χ4v) is 7.07. The topological polar surface area (TPSA) is 61.8 Å². The normalized spacial score (nSPS) is 17.4. The van der Waals surface area contributed by atoms with Crippen LogP contribution >= 0.6 is 7.37 Å². The Morgan fingerprint density at radius 3 is 1.74 bits per heavy atom. The first kappa shape index (κ1) is 37.1. The molecule has 1 rings (SSSR count). The molecule has 7 heteroatoms. The van der Waals surface area contributed by atoms with Gasteiger partial charge in [-0.1, -0.05) is 103 Å². The fraction of sp³-hybridized carbons (Fsp3) is 1.00. The molecule has 1 heterocycles. The van der Waals surface area contributed by atoms with Crippen LogP contribution in [0.25, 0.3) is 0 Å². The maximum Gasteiger partial charge on any atom is 0.0784 e. The van der Waals surface area contributed by atoms with E-state index in [2.05, 4.69) is 33.0 Å². The predicted molar refractivity (Wildman–Crippen MR) is 166 cm³/mol. The molecule has 1 aliphatic heterocycles. The van der Waals surface area contributed by atoms with Crippen LogP contribution in [0.4, 0.5) is 0 Å². The van der Waals surface area contributed by atoms with Crippen molar-refractivity contribution < 1.29 is 23.4 Å². The standard InChI is InChI=1S/C32H67N2O4P/c1-5-6-7-8-9-10-11-12-13-14-15-16-17-18-19-20-26-38-31-32(33-23-27-37-28-24-33)22-30-39(35,36)29-21-25-34(2,3)4/h32H,5-31H2,1-4H3. The van der Waals surface area contributed by atoms with E-state index in [0.29, 0.717) is 19.2 Å². The number of ether oxygens (including phenoxy) is 2. The summed E-state index contributed by atoms with van der Waals surface area (Å²) in [6, 6.07) is 0.177. The van der Waals surface area contributed by atoms with Gasteiger partial charge in [-0.2, -0.15) is 0 Å². The van der Waals surface area contributed by atoms with E-state index in [1.807, 2.05) is 0 Å². The third-order valence-electron chi connectivity index (χ3n) is 8.15. The number of hydrogen-bond acceptors (Lipinski definition) is 5. The summed E-state index contributed by atoms with van der Waals surface area (Å²) in [5.74, 6) is 0. The van der Waals surface area contributed by atoms with Gasteiger partial charge in [-0.05, 0) is 25.2 Å². The van der Waals surface area contributed by atoms with Crippen molar-refractivity contribution in [3.8, 4) is 0 Å². The third kappa shape index (κ3) is 23.3. The lowest BCUT2D eigenvalue weighted by Crippen LogP contribution is -2.46. The van der Waals surface area contributed by atoms with Gasteiger partial charge in [0.15, 0.2) is 0 Å². The highest BCUT2D eigenvalue weighted by atomic mass is 31.2. The first-order chi connectivity index (χ1) is 18.7. The van der Waals surface area contributed by atoms with Gasteiger partial charge in [-0.3, -0.25) is 4.90 Å². The lowest BCUT2D eigenvalue weighted by Gasteiger charge is -2.36. The van der Waals surface area contributed by atoms with Crippen molar-refractivity contribution in [2.45, 2.75) is 129 Å². The zero-order valence-electron chi connectivity index (χ0n) is 26.6. The molecule has 0 saturated carbocycles. The van der Waals surface area contributed by atoms with E-state index >= 15 is 0 Å². The summed E-state index contributed by atoms with van der Waals surface area (Å²) in [6.07, 6.45) is 24.0. The summed E-state index contributed by atoms with van der Waals surface area (Å²) in [5, 5.41) is 0. The molecule has 234 valence electrons. The summed E-state index contributed by atoms with van der Waals surface area (Å²) in [5.41, 5.74) is 0. The van der Waals surface area contributed by atoms with Crippen molar-refractivity contribution in [2.75, 3.05) is 79.5 Å². The number of hydrogen-bond donors (Lipinski definition) is 0. The van der Waals surface area contributed by atoms with Gasteiger partial charge in [-0.15, -0.1) is 0 Å². The van der Waals surface area contributed by atoms with Crippen LogP contribution in [0.3, 0.4) is 0 Å². The van der Waals surface area contributed by atoms with Crippen LogP contribution in [0.5, 0.6) is 0 Å². The minimum Gasteiger partial charge on any atom is -0.799 e. The van der Waals surface area contributed by atoms with Crippen LogP contribution < -0.4 is 4.89 Å². The maximum atomic E-state index is 12.7. The van der Waals surface area contributed by atoms with Crippen molar-refractivity contribution in [1.29, 1.82) is 0 Å². The Labute approximate surface area is 243 Å². The Kier molecular flexibility index (Phi) is 22.4. The molecule has 2 atom stereocenters. The molecule has 0 N–H and O–H groups in total. The largest absolute Gasteiger partial charge is 0.799 e. The summed E-state index contributed by atoms with van der Waals surface area (Å²) < 4.78 is 25.1. The second-order valence-corrected chi connectivity index (χ2v) is 15.6. The van der Waals surface area contributed by atoms with E-state index in [4.69, 9.17) is 9.47 Å². The lowest BCUT2D eigenvalue weighted by molar-refractivity contribution is -0.870. The highest BCUT2D eigenvalue weighted by Crippen LogP contribution is 2.37. The van der Waals surface area contributed by atoms with Crippen LogP contribution in [0.2, 0.25) is 0 Å². The Bertz CT molecular complexity index is 593. The third-order valence-corrected chi connectivity index (χ3v) is 10.1. The zero-order chi connectivity index (χ0) is 28.7. The first-order valence-electron chi connectivity index (χ1n) is 16.7. The summed E-state index contributed by atoms with van der Waals surface area (Å²) >= 11 is 0. The average molecular weight is 575 g/mol. The van der Waals surface area contributed by atoms with Crippen LogP contribution in [0.1, 0.15) is 122 Å². The van der Waals surface area contributed by atoms with Crippen LogP contribution in [-0.2, 0) is 14.0 Å². The Morgan fingerprint density at radius 1 is 0.769 bits per heavy atom. The summed E-state index contributed by atoms with van der Waals surface area (Å²) in [4.78, 5) is 15.1. The van der Waals surface area contributed by atoms with Gasteiger partial charge in [0, 0.05) is 39.5 Å². The smallest absolute Gasteiger partial charge is 0.0784 e. The Balaban J connectivity index is 2.07. The minimum atomic E-state index is -3.34. The van der Waals surface area contributed by atoms with Gasteiger partial charge >= 0.3 is 0 Å². The molecule has 0 aromatic heterocycles. The van der Waals surface area contributed by atoms with Crippen molar-refractivity contribution in [3.05, 3.63) is 0 Å². The van der Waals surface area contributed by atoms with Gasteiger partial charge in [-0.25, -0.2) is 0 Å². The Morgan fingerprint density at radius 2 is 1.26 bits per heavy atom. The number of morpholine rings is 1. The molecule has 0 amide bonds. The number of unbranched alkanes of at least 4 members (excludes halogenated alkanes) is 15. The van der Waals surface area contributed by atoms with E-state index in [-0.39, 0.29) is 12.2 Å². The average Bonchev–Trinajstić information content (AvgIpc) is 2.89. The fourth-order valence-electron chi connectivity index (χ4n) is 5.53. The molecule has 2 unspecified atom stereocenters. The van der Waals surface area contributed by atoms with E-state index in [1.165, 1.54) is 96.3 Å². The van der Waals surface area contributed by atoms with Crippen molar-refractivity contribution >= 4 is 7.37 Å². The highest BCUT2D eigenvalue weighted by Gasteiger charge is 2.23. The molecule has 0 aromatic carbocycles. The molecular weight excluding hydrogens is 507 g/mol. The van der Waals surface area contributed by atoms with Crippen LogP contribution in [0, 0.1) is 0 Å². The molecule has 0 radical (unpaired) electrons. The van der Waals surface area contributed by atoms with E-state index in [0.717, 1.165) is 56.8 Å². The molecule has 6 nitrogen and oxygen atoms in total. The van der Waals surface area contributed by atoms with E-state index in [9.17, 15) is 9.46 Å².